The smallest absolute Gasteiger partial charge is 0.240 e. The third-order valence-corrected chi connectivity index (χ3v) is 4.86. The third-order valence-electron chi connectivity index (χ3n) is 3.38. The van der Waals surface area contributed by atoms with Crippen LogP contribution in [-0.2, 0) is 10.0 Å². The van der Waals surface area contributed by atoms with E-state index in [1.807, 2.05) is 0 Å². The molecule has 2 N–H and O–H groups in total. The molecule has 21 heavy (non-hydrogen) atoms. The number of aliphatic hydroxyl groups excluding tert-OH is 1. The maximum absolute atomic E-state index is 12.1. The van der Waals surface area contributed by atoms with E-state index in [4.69, 9.17) is 0 Å². The summed E-state index contributed by atoms with van der Waals surface area (Å²) in [5.41, 5.74) is 0.703. The topological polar surface area (TPSA) is 69.6 Å². The van der Waals surface area contributed by atoms with Gasteiger partial charge in [0.25, 0.3) is 0 Å². The Bertz CT molecular complexity index is 512. The van der Waals surface area contributed by atoms with Crippen LogP contribution in [-0.4, -0.2) is 44.6 Å². The summed E-state index contributed by atoms with van der Waals surface area (Å²) in [7, 11) is -3.48. The van der Waals surface area contributed by atoms with Gasteiger partial charge in [-0.2, -0.15) is 0 Å². The zero-order valence-corrected chi connectivity index (χ0v) is 13.9. The molecule has 6 heteroatoms. The van der Waals surface area contributed by atoms with E-state index < -0.39 is 16.1 Å². The SMILES string of the molecule is CCCN(CC)CCNS(=O)(=O)c1ccc(C(C)O)cc1. The second-order valence-corrected chi connectivity index (χ2v) is 6.84. The summed E-state index contributed by atoms with van der Waals surface area (Å²) in [4.78, 5) is 2.43. The van der Waals surface area contributed by atoms with Gasteiger partial charge in [-0.25, -0.2) is 13.1 Å². The number of aliphatic hydroxyl groups is 1. The molecule has 5 nitrogen and oxygen atoms in total. The first kappa shape index (κ1) is 18.1. The average molecular weight is 314 g/mol. The molecule has 0 aliphatic carbocycles. The Morgan fingerprint density at radius 3 is 2.29 bits per heavy atom. The number of benzene rings is 1. The van der Waals surface area contributed by atoms with Crippen molar-refractivity contribution in [3.05, 3.63) is 29.8 Å². The van der Waals surface area contributed by atoms with Crippen LogP contribution in [0.5, 0.6) is 0 Å². The van der Waals surface area contributed by atoms with E-state index in [0.717, 1.165) is 19.5 Å². The van der Waals surface area contributed by atoms with Gasteiger partial charge in [0.2, 0.25) is 10.0 Å². The monoisotopic (exact) mass is 314 g/mol. The van der Waals surface area contributed by atoms with E-state index in [1.54, 1.807) is 19.1 Å². The minimum absolute atomic E-state index is 0.227. The molecule has 0 spiro atoms. The molecule has 0 amide bonds. The Kier molecular flexibility index (Phi) is 7.31. The molecule has 0 aliphatic rings. The average Bonchev–Trinajstić information content (AvgIpc) is 2.46. The van der Waals surface area contributed by atoms with Crippen LogP contribution in [0.25, 0.3) is 0 Å². The fourth-order valence-corrected chi connectivity index (χ4v) is 3.11. The summed E-state index contributed by atoms with van der Waals surface area (Å²) in [6.07, 6.45) is 0.461. The molecule has 0 fully saturated rings. The quantitative estimate of drug-likeness (QED) is 0.728. The molecular weight excluding hydrogens is 288 g/mol. The Labute approximate surface area is 128 Å². The number of likely N-dealkylation sites (N-methyl/N-ethyl adjacent to an activating group) is 1. The van der Waals surface area contributed by atoms with Gasteiger partial charge in [0, 0.05) is 13.1 Å². The summed E-state index contributed by atoms with van der Waals surface area (Å²) in [5, 5.41) is 9.43. The van der Waals surface area contributed by atoms with Crippen molar-refractivity contribution in [2.75, 3.05) is 26.2 Å². The van der Waals surface area contributed by atoms with Crippen LogP contribution in [0.15, 0.2) is 29.2 Å². The molecule has 0 aliphatic heterocycles. The lowest BCUT2D eigenvalue weighted by Gasteiger charge is -2.19. The first-order valence-corrected chi connectivity index (χ1v) is 8.89. The predicted molar refractivity (Wildman–Crippen MR) is 84.7 cm³/mol. The highest BCUT2D eigenvalue weighted by Gasteiger charge is 2.14. The highest BCUT2D eigenvalue weighted by Crippen LogP contribution is 2.15. The van der Waals surface area contributed by atoms with Crippen molar-refractivity contribution in [2.45, 2.75) is 38.2 Å². The van der Waals surface area contributed by atoms with Crippen molar-refractivity contribution in [1.29, 1.82) is 0 Å². The van der Waals surface area contributed by atoms with Crippen LogP contribution in [0.1, 0.15) is 38.9 Å². The number of rotatable bonds is 9. The molecule has 0 saturated heterocycles. The zero-order chi connectivity index (χ0) is 15.9. The zero-order valence-electron chi connectivity index (χ0n) is 13.0. The number of sulfonamides is 1. The summed E-state index contributed by atoms with van der Waals surface area (Å²) >= 11 is 0. The standard InChI is InChI=1S/C15H26N2O3S/c1-4-11-17(5-2)12-10-16-21(19,20)15-8-6-14(7-9-15)13(3)18/h6-9,13,16,18H,4-5,10-12H2,1-3H3. The normalized spacial score (nSPS) is 13.6. The summed E-state index contributed by atoms with van der Waals surface area (Å²) in [5.74, 6) is 0. The van der Waals surface area contributed by atoms with E-state index in [0.29, 0.717) is 18.7 Å². The van der Waals surface area contributed by atoms with Crippen molar-refractivity contribution < 1.29 is 13.5 Å². The maximum Gasteiger partial charge on any atom is 0.240 e. The molecule has 1 atom stereocenters. The maximum atomic E-state index is 12.1. The highest BCUT2D eigenvalue weighted by molar-refractivity contribution is 7.89. The number of hydrogen-bond acceptors (Lipinski definition) is 4. The minimum atomic E-state index is -3.48. The Hall–Kier alpha value is -0.950. The molecule has 120 valence electrons. The van der Waals surface area contributed by atoms with E-state index in [2.05, 4.69) is 23.5 Å². The number of nitrogens with one attached hydrogen (secondary N) is 1. The molecule has 0 aromatic heterocycles. The minimum Gasteiger partial charge on any atom is -0.389 e. The van der Waals surface area contributed by atoms with Crippen LogP contribution < -0.4 is 4.72 Å². The van der Waals surface area contributed by atoms with Crippen molar-refractivity contribution in [2.24, 2.45) is 0 Å². The second-order valence-electron chi connectivity index (χ2n) is 5.08. The Morgan fingerprint density at radius 2 is 1.81 bits per heavy atom. The van der Waals surface area contributed by atoms with Gasteiger partial charge >= 0.3 is 0 Å². The third kappa shape index (κ3) is 5.74. The molecule has 1 aromatic rings. The molecule has 1 rings (SSSR count). The van der Waals surface area contributed by atoms with Crippen molar-refractivity contribution >= 4 is 10.0 Å². The van der Waals surface area contributed by atoms with Gasteiger partial charge < -0.3 is 10.0 Å². The lowest BCUT2D eigenvalue weighted by atomic mass is 10.1. The van der Waals surface area contributed by atoms with Crippen LogP contribution in [0.2, 0.25) is 0 Å². The summed E-state index contributed by atoms with van der Waals surface area (Å²) in [6.45, 7) is 8.81. The van der Waals surface area contributed by atoms with Gasteiger partial charge in [-0.3, -0.25) is 0 Å². The number of nitrogens with zero attached hydrogens (tertiary/aromatic N) is 1. The van der Waals surface area contributed by atoms with Gasteiger partial charge in [0.05, 0.1) is 11.0 Å². The van der Waals surface area contributed by atoms with E-state index in [9.17, 15) is 13.5 Å². The molecule has 0 saturated carbocycles. The number of hydrogen-bond donors (Lipinski definition) is 2. The predicted octanol–water partition coefficient (Wildman–Crippen LogP) is 1.75. The van der Waals surface area contributed by atoms with Crippen molar-refractivity contribution in [3.63, 3.8) is 0 Å². The summed E-state index contributed by atoms with van der Waals surface area (Å²) in [6, 6.07) is 6.31. The lowest BCUT2D eigenvalue weighted by Crippen LogP contribution is -2.35. The first-order valence-electron chi connectivity index (χ1n) is 7.40. The second kappa shape index (κ2) is 8.48. The molecule has 1 aromatic carbocycles. The van der Waals surface area contributed by atoms with E-state index >= 15 is 0 Å². The largest absolute Gasteiger partial charge is 0.389 e. The molecule has 0 bridgehead atoms. The Morgan fingerprint density at radius 1 is 1.19 bits per heavy atom. The fraction of sp³-hybridized carbons (Fsp3) is 0.600. The van der Waals surface area contributed by atoms with Crippen LogP contribution >= 0.6 is 0 Å². The van der Waals surface area contributed by atoms with Crippen LogP contribution in [0.4, 0.5) is 0 Å². The molecule has 1 unspecified atom stereocenters. The summed E-state index contributed by atoms with van der Waals surface area (Å²) < 4.78 is 26.9. The van der Waals surface area contributed by atoms with Gasteiger partial charge in [-0.05, 0) is 44.1 Å². The lowest BCUT2D eigenvalue weighted by molar-refractivity contribution is 0.199. The fourth-order valence-electron chi connectivity index (χ4n) is 2.09. The van der Waals surface area contributed by atoms with Gasteiger partial charge in [0.15, 0.2) is 0 Å². The van der Waals surface area contributed by atoms with Gasteiger partial charge in [-0.15, -0.1) is 0 Å². The van der Waals surface area contributed by atoms with Crippen molar-refractivity contribution in [3.8, 4) is 0 Å². The Balaban J connectivity index is 2.60. The van der Waals surface area contributed by atoms with Gasteiger partial charge in [-0.1, -0.05) is 26.0 Å². The molecule has 0 heterocycles. The van der Waals surface area contributed by atoms with E-state index in [-0.39, 0.29) is 4.90 Å². The highest BCUT2D eigenvalue weighted by atomic mass is 32.2. The van der Waals surface area contributed by atoms with Crippen molar-refractivity contribution in [1.82, 2.24) is 9.62 Å². The van der Waals surface area contributed by atoms with E-state index in [1.165, 1.54) is 12.1 Å². The first-order chi connectivity index (χ1) is 9.90. The van der Waals surface area contributed by atoms with Gasteiger partial charge in [0.1, 0.15) is 0 Å². The van der Waals surface area contributed by atoms with Crippen LogP contribution in [0, 0.1) is 0 Å². The molecule has 0 radical (unpaired) electrons. The van der Waals surface area contributed by atoms with Crippen LogP contribution in [0.3, 0.4) is 0 Å². The molecular formula is C15H26N2O3S.